The summed E-state index contributed by atoms with van der Waals surface area (Å²) in [6, 6.07) is 0. The van der Waals surface area contributed by atoms with Crippen LogP contribution in [-0.2, 0) is 0 Å². The van der Waals surface area contributed by atoms with Gasteiger partial charge in [-0.1, -0.05) is 18.6 Å². The molecule has 1 aliphatic carbocycles. The van der Waals surface area contributed by atoms with Crippen molar-refractivity contribution in [3.63, 3.8) is 0 Å². The van der Waals surface area contributed by atoms with Crippen LogP contribution in [0, 0.1) is 5.92 Å². The summed E-state index contributed by atoms with van der Waals surface area (Å²) in [5, 5.41) is 0. The molecule has 1 aliphatic rings. The summed E-state index contributed by atoms with van der Waals surface area (Å²) in [6.07, 6.45) is 7.14. The van der Waals surface area contributed by atoms with Crippen molar-refractivity contribution in [3.8, 4) is 0 Å². The molecule has 1 atom stereocenters. The van der Waals surface area contributed by atoms with Gasteiger partial charge in [-0.3, -0.25) is 0 Å². The van der Waals surface area contributed by atoms with Crippen LogP contribution >= 0.6 is 22.6 Å². The van der Waals surface area contributed by atoms with E-state index < -0.39 is 0 Å². The lowest BCUT2D eigenvalue weighted by Crippen LogP contribution is -2.02. The minimum absolute atomic E-state index is 0.818. The Hall–Kier alpha value is 0.210. The number of hydrogen-bond acceptors (Lipinski definition) is 0. The largest absolute Gasteiger partial charge is 0.0705 e. The van der Waals surface area contributed by atoms with E-state index in [1.165, 1.54) is 16.4 Å². The van der Waals surface area contributed by atoms with Crippen LogP contribution in [0.5, 0.6) is 0 Å². The fourth-order valence-electron chi connectivity index (χ4n) is 1.32. The van der Waals surface area contributed by atoms with Gasteiger partial charge in [-0.2, -0.15) is 0 Å². The Labute approximate surface area is 76.5 Å². The average Bonchev–Trinajstić information content (AvgIpc) is 1.88. The molecule has 0 radical (unpaired) electrons. The number of rotatable bonds is 1. The Morgan fingerprint density at radius 1 is 1.70 bits per heavy atom. The molecule has 0 nitrogen and oxygen atoms in total. The third-order valence-corrected chi connectivity index (χ3v) is 2.85. The van der Waals surface area contributed by atoms with Gasteiger partial charge < -0.3 is 0 Å². The van der Waals surface area contributed by atoms with Crippen molar-refractivity contribution in [1.82, 2.24) is 0 Å². The molecule has 1 rings (SSSR count). The first-order valence-electron chi connectivity index (χ1n) is 3.78. The number of hydrogen-bond donors (Lipinski definition) is 0. The molecular formula is C9H13I. The highest BCUT2D eigenvalue weighted by Gasteiger charge is 2.10. The number of halogens is 1. The summed E-state index contributed by atoms with van der Waals surface area (Å²) in [5.74, 6) is 0.818. The standard InChI is InChI=1S/C9H13I/c1-3-8-4-5-9(10)6-7(8)2/h5-6,8H,3-4H2,1-2H3. The second kappa shape index (κ2) is 3.56. The van der Waals surface area contributed by atoms with Gasteiger partial charge >= 0.3 is 0 Å². The van der Waals surface area contributed by atoms with Crippen LogP contribution in [0.3, 0.4) is 0 Å². The van der Waals surface area contributed by atoms with E-state index in [2.05, 4.69) is 48.6 Å². The Bertz CT molecular complexity index is 177. The van der Waals surface area contributed by atoms with Crippen molar-refractivity contribution in [1.29, 1.82) is 0 Å². The van der Waals surface area contributed by atoms with E-state index in [1.54, 1.807) is 5.57 Å². The minimum atomic E-state index is 0.818. The molecule has 1 unspecified atom stereocenters. The van der Waals surface area contributed by atoms with Gasteiger partial charge in [-0.15, -0.1) is 0 Å². The lowest BCUT2D eigenvalue weighted by atomic mass is 9.91. The molecule has 56 valence electrons. The molecule has 0 spiro atoms. The molecule has 0 heterocycles. The molecule has 0 aromatic heterocycles. The van der Waals surface area contributed by atoms with Crippen LogP contribution in [0.25, 0.3) is 0 Å². The first kappa shape index (κ1) is 8.31. The first-order valence-corrected chi connectivity index (χ1v) is 4.85. The van der Waals surface area contributed by atoms with Gasteiger partial charge in [0.2, 0.25) is 0 Å². The van der Waals surface area contributed by atoms with Gasteiger partial charge in [-0.25, -0.2) is 0 Å². The molecular weight excluding hydrogens is 235 g/mol. The Balaban J connectivity index is 2.68. The van der Waals surface area contributed by atoms with Crippen molar-refractivity contribution in [2.45, 2.75) is 26.7 Å². The van der Waals surface area contributed by atoms with Crippen molar-refractivity contribution in [2.75, 3.05) is 0 Å². The third kappa shape index (κ3) is 1.84. The van der Waals surface area contributed by atoms with E-state index in [0.29, 0.717) is 0 Å². The highest BCUT2D eigenvalue weighted by molar-refractivity contribution is 14.1. The maximum absolute atomic E-state index is 2.38. The summed E-state index contributed by atoms with van der Waals surface area (Å²) < 4.78 is 1.40. The molecule has 0 amide bonds. The lowest BCUT2D eigenvalue weighted by molar-refractivity contribution is 0.594. The van der Waals surface area contributed by atoms with E-state index in [4.69, 9.17) is 0 Å². The van der Waals surface area contributed by atoms with Crippen LogP contribution in [0.4, 0.5) is 0 Å². The molecule has 0 aliphatic heterocycles. The second-order valence-electron chi connectivity index (χ2n) is 2.82. The van der Waals surface area contributed by atoms with Crippen LogP contribution in [0.2, 0.25) is 0 Å². The van der Waals surface area contributed by atoms with Crippen molar-refractivity contribution < 1.29 is 0 Å². The highest BCUT2D eigenvalue weighted by atomic mass is 127. The summed E-state index contributed by atoms with van der Waals surface area (Å²) in [7, 11) is 0. The molecule has 0 aromatic rings. The van der Waals surface area contributed by atoms with Gasteiger partial charge in [0.15, 0.2) is 0 Å². The van der Waals surface area contributed by atoms with E-state index >= 15 is 0 Å². The van der Waals surface area contributed by atoms with E-state index in [-0.39, 0.29) is 0 Å². The van der Waals surface area contributed by atoms with Gasteiger partial charge in [-0.05, 0) is 54.4 Å². The lowest BCUT2D eigenvalue weighted by Gasteiger charge is -2.17. The summed E-state index contributed by atoms with van der Waals surface area (Å²) >= 11 is 2.38. The normalized spacial score (nSPS) is 25.7. The van der Waals surface area contributed by atoms with Crippen LogP contribution < -0.4 is 0 Å². The Morgan fingerprint density at radius 3 is 2.90 bits per heavy atom. The first-order chi connectivity index (χ1) is 4.74. The Kier molecular flexibility index (Phi) is 2.96. The molecule has 0 bridgehead atoms. The summed E-state index contributed by atoms with van der Waals surface area (Å²) in [5.41, 5.74) is 1.55. The fourth-order valence-corrected chi connectivity index (χ4v) is 2.07. The third-order valence-electron chi connectivity index (χ3n) is 2.10. The average molecular weight is 248 g/mol. The molecule has 10 heavy (non-hydrogen) atoms. The maximum atomic E-state index is 2.38. The summed E-state index contributed by atoms with van der Waals surface area (Å²) in [4.78, 5) is 0. The van der Waals surface area contributed by atoms with Gasteiger partial charge in [0.05, 0.1) is 0 Å². The van der Waals surface area contributed by atoms with Crippen molar-refractivity contribution in [3.05, 3.63) is 21.3 Å². The zero-order valence-electron chi connectivity index (χ0n) is 6.52. The summed E-state index contributed by atoms with van der Waals surface area (Å²) in [6.45, 7) is 4.49. The maximum Gasteiger partial charge on any atom is 0.00897 e. The molecule has 0 saturated heterocycles. The predicted molar refractivity (Wildman–Crippen MR) is 54.3 cm³/mol. The molecule has 0 fully saturated rings. The van der Waals surface area contributed by atoms with E-state index in [0.717, 1.165) is 5.92 Å². The molecule has 1 heteroatoms. The zero-order chi connectivity index (χ0) is 7.56. The molecule has 0 aromatic carbocycles. The topological polar surface area (TPSA) is 0 Å². The SMILES string of the molecule is CCC1CC=C(I)C=C1C. The highest BCUT2D eigenvalue weighted by Crippen LogP contribution is 2.28. The van der Waals surface area contributed by atoms with Crippen LogP contribution in [0.15, 0.2) is 21.3 Å². The smallest absolute Gasteiger partial charge is 0.00897 e. The van der Waals surface area contributed by atoms with Crippen molar-refractivity contribution >= 4 is 22.6 Å². The quantitative estimate of drug-likeness (QED) is 0.621. The van der Waals surface area contributed by atoms with E-state index in [1.807, 2.05) is 0 Å². The second-order valence-corrected chi connectivity index (χ2v) is 4.06. The van der Waals surface area contributed by atoms with Gasteiger partial charge in [0.1, 0.15) is 0 Å². The van der Waals surface area contributed by atoms with Crippen LogP contribution in [0.1, 0.15) is 26.7 Å². The van der Waals surface area contributed by atoms with E-state index in [9.17, 15) is 0 Å². The van der Waals surface area contributed by atoms with Crippen LogP contribution in [-0.4, -0.2) is 0 Å². The van der Waals surface area contributed by atoms with Crippen molar-refractivity contribution in [2.24, 2.45) is 5.92 Å². The van der Waals surface area contributed by atoms with Gasteiger partial charge in [0, 0.05) is 3.58 Å². The Morgan fingerprint density at radius 2 is 2.40 bits per heavy atom. The minimum Gasteiger partial charge on any atom is -0.0705 e. The zero-order valence-corrected chi connectivity index (χ0v) is 8.68. The predicted octanol–water partition coefficient (Wildman–Crippen LogP) is 3.68. The molecule has 0 N–H and O–H groups in total. The van der Waals surface area contributed by atoms with Gasteiger partial charge in [0.25, 0.3) is 0 Å². The molecule has 0 saturated carbocycles. The number of allylic oxidation sites excluding steroid dienone is 4. The fraction of sp³-hybridized carbons (Fsp3) is 0.556. The monoisotopic (exact) mass is 248 g/mol.